The van der Waals surface area contributed by atoms with Crippen LogP contribution < -0.4 is 0 Å². The SMILES string of the molecule is Clc1ccccc1CSc1nc2ccccc2n1Cc1ccccc1. The summed E-state index contributed by atoms with van der Waals surface area (Å²) >= 11 is 8.02. The fourth-order valence-corrected chi connectivity index (χ4v) is 4.14. The number of halogens is 1. The molecule has 3 aromatic carbocycles. The summed E-state index contributed by atoms with van der Waals surface area (Å²) in [6.45, 7) is 0.812. The highest BCUT2D eigenvalue weighted by Crippen LogP contribution is 2.29. The second-order valence-corrected chi connectivity index (χ2v) is 7.18. The fraction of sp³-hybridized carbons (Fsp3) is 0.0952. The molecule has 4 rings (SSSR count). The third-order valence-electron chi connectivity index (χ3n) is 4.12. The van der Waals surface area contributed by atoms with Gasteiger partial charge in [0.1, 0.15) is 0 Å². The lowest BCUT2D eigenvalue weighted by Gasteiger charge is -2.09. The molecule has 0 aliphatic rings. The van der Waals surface area contributed by atoms with Crippen molar-refractivity contribution in [2.75, 3.05) is 0 Å². The number of aromatic nitrogens is 2. The Bertz CT molecular complexity index is 995. The van der Waals surface area contributed by atoms with Gasteiger partial charge in [0.05, 0.1) is 17.6 Å². The van der Waals surface area contributed by atoms with Crippen molar-refractivity contribution in [2.45, 2.75) is 17.5 Å². The summed E-state index contributed by atoms with van der Waals surface area (Å²) in [5, 5.41) is 1.82. The molecule has 25 heavy (non-hydrogen) atoms. The van der Waals surface area contributed by atoms with Crippen molar-refractivity contribution >= 4 is 34.4 Å². The van der Waals surface area contributed by atoms with Crippen molar-refractivity contribution < 1.29 is 0 Å². The van der Waals surface area contributed by atoms with E-state index in [1.54, 1.807) is 11.8 Å². The summed E-state index contributed by atoms with van der Waals surface area (Å²) in [4.78, 5) is 4.84. The molecule has 0 fully saturated rings. The Balaban J connectivity index is 1.68. The fourth-order valence-electron chi connectivity index (χ4n) is 2.84. The number of imidazole rings is 1. The third-order valence-corrected chi connectivity index (χ3v) is 5.51. The lowest BCUT2D eigenvalue weighted by atomic mass is 10.2. The number of hydrogen-bond acceptors (Lipinski definition) is 2. The quantitative estimate of drug-likeness (QED) is 0.402. The largest absolute Gasteiger partial charge is 0.314 e. The molecule has 0 radical (unpaired) electrons. The van der Waals surface area contributed by atoms with Crippen molar-refractivity contribution in [3.05, 3.63) is 95.0 Å². The molecule has 0 N–H and O–H groups in total. The Morgan fingerprint density at radius 3 is 2.40 bits per heavy atom. The normalized spacial score (nSPS) is 11.1. The molecule has 0 atom stereocenters. The average Bonchev–Trinajstić information content (AvgIpc) is 3.00. The maximum absolute atomic E-state index is 6.30. The maximum Gasteiger partial charge on any atom is 0.169 e. The van der Waals surface area contributed by atoms with Gasteiger partial charge in [0.25, 0.3) is 0 Å². The second-order valence-electron chi connectivity index (χ2n) is 5.83. The monoisotopic (exact) mass is 364 g/mol. The Morgan fingerprint density at radius 2 is 1.56 bits per heavy atom. The van der Waals surface area contributed by atoms with E-state index in [1.807, 2.05) is 30.3 Å². The lowest BCUT2D eigenvalue weighted by molar-refractivity contribution is 0.731. The molecule has 0 bridgehead atoms. The van der Waals surface area contributed by atoms with Crippen molar-refractivity contribution in [3.8, 4) is 0 Å². The molecule has 2 nitrogen and oxygen atoms in total. The van der Waals surface area contributed by atoms with E-state index in [-0.39, 0.29) is 0 Å². The standard InChI is InChI=1S/C21H17ClN2S/c22-18-11-5-4-10-17(18)15-25-21-23-19-12-6-7-13-20(19)24(21)14-16-8-2-1-3-9-16/h1-13H,14-15H2. The molecule has 4 aromatic rings. The molecule has 0 saturated carbocycles. The van der Waals surface area contributed by atoms with Crippen molar-refractivity contribution in [3.63, 3.8) is 0 Å². The molecular weight excluding hydrogens is 348 g/mol. The van der Waals surface area contributed by atoms with Crippen LogP contribution in [0, 0.1) is 0 Å². The van der Waals surface area contributed by atoms with Gasteiger partial charge in [-0.3, -0.25) is 0 Å². The van der Waals surface area contributed by atoms with Crippen molar-refractivity contribution in [1.82, 2.24) is 9.55 Å². The summed E-state index contributed by atoms with van der Waals surface area (Å²) in [7, 11) is 0. The van der Waals surface area contributed by atoms with E-state index in [1.165, 1.54) is 5.56 Å². The topological polar surface area (TPSA) is 17.8 Å². The lowest BCUT2D eigenvalue weighted by Crippen LogP contribution is -2.01. The minimum atomic E-state index is 0.803. The minimum Gasteiger partial charge on any atom is -0.314 e. The highest BCUT2D eigenvalue weighted by Gasteiger charge is 2.12. The molecule has 1 aromatic heterocycles. The molecule has 0 spiro atoms. The van der Waals surface area contributed by atoms with E-state index in [0.717, 1.165) is 39.1 Å². The molecule has 124 valence electrons. The summed E-state index contributed by atoms with van der Waals surface area (Å²) < 4.78 is 2.28. The Kier molecular flexibility index (Phi) is 4.77. The van der Waals surface area contributed by atoms with Gasteiger partial charge in [0.2, 0.25) is 0 Å². The number of thioether (sulfide) groups is 1. The van der Waals surface area contributed by atoms with Crippen LogP contribution in [-0.2, 0) is 12.3 Å². The Hall–Kier alpha value is -2.23. The van der Waals surface area contributed by atoms with Gasteiger partial charge in [-0.1, -0.05) is 84.0 Å². The highest BCUT2D eigenvalue weighted by atomic mass is 35.5. The first-order chi connectivity index (χ1) is 12.3. The molecule has 0 aliphatic carbocycles. The van der Waals surface area contributed by atoms with Crippen LogP contribution in [0.4, 0.5) is 0 Å². The summed E-state index contributed by atoms with van der Waals surface area (Å²) in [6.07, 6.45) is 0. The van der Waals surface area contributed by atoms with Crippen molar-refractivity contribution in [1.29, 1.82) is 0 Å². The molecule has 4 heteroatoms. The first-order valence-corrected chi connectivity index (χ1v) is 9.53. The molecule has 0 saturated heterocycles. The van der Waals surface area contributed by atoms with E-state index >= 15 is 0 Å². The Morgan fingerprint density at radius 1 is 0.840 bits per heavy atom. The second kappa shape index (κ2) is 7.34. The summed E-state index contributed by atoms with van der Waals surface area (Å²) in [5.74, 6) is 0.803. The van der Waals surface area contributed by atoms with Gasteiger partial charge in [-0.05, 0) is 29.3 Å². The zero-order valence-electron chi connectivity index (χ0n) is 13.6. The number of hydrogen-bond donors (Lipinski definition) is 0. The molecule has 1 heterocycles. The van der Waals surface area contributed by atoms with E-state index in [9.17, 15) is 0 Å². The van der Waals surface area contributed by atoms with Gasteiger partial charge in [0.15, 0.2) is 5.16 Å². The zero-order valence-corrected chi connectivity index (χ0v) is 15.2. The maximum atomic E-state index is 6.30. The molecule has 0 unspecified atom stereocenters. The van der Waals surface area contributed by atoms with Crippen molar-refractivity contribution in [2.24, 2.45) is 0 Å². The van der Waals surface area contributed by atoms with Gasteiger partial charge in [-0.2, -0.15) is 0 Å². The predicted molar refractivity (Wildman–Crippen MR) is 106 cm³/mol. The number of nitrogens with zero attached hydrogens (tertiary/aromatic N) is 2. The third kappa shape index (κ3) is 3.58. The van der Waals surface area contributed by atoms with Crippen LogP contribution in [-0.4, -0.2) is 9.55 Å². The van der Waals surface area contributed by atoms with E-state index in [2.05, 4.69) is 53.1 Å². The smallest absolute Gasteiger partial charge is 0.169 e. The van der Waals surface area contributed by atoms with Crippen LogP contribution >= 0.6 is 23.4 Å². The van der Waals surface area contributed by atoms with Crippen LogP contribution in [0.2, 0.25) is 5.02 Å². The summed E-state index contributed by atoms with van der Waals surface area (Å²) in [6, 6.07) is 26.8. The average molecular weight is 365 g/mol. The van der Waals surface area contributed by atoms with E-state index in [4.69, 9.17) is 16.6 Å². The van der Waals surface area contributed by atoms with Gasteiger partial charge in [-0.25, -0.2) is 4.98 Å². The number of fused-ring (bicyclic) bond motifs is 1. The Labute approximate surface area is 156 Å². The van der Waals surface area contributed by atoms with E-state index < -0.39 is 0 Å². The van der Waals surface area contributed by atoms with Gasteiger partial charge < -0.3 is 4.57 Å². The van der Waals surface area contributed by atoms with Crippen LogP contribution in [0.5, 0.6) is 0 Å². The zero-order chi connectivity index (χ0) is 17.1. The van der Waals surface area contributed by atoms with Crippen LogP contribution in [0.25, 0.3) is 11.0 Å². The van der Waals surface area contributed by atoms with Gasteiger partial charge in [0, 0.05) is 10.8 Å². The van der Waals surface area contributed by atoms with Crippen LogP contribution in [0.1, 0.15) is 11.1 Å². The first-order valence-electron chi connectivity index (χ1n) is 8.16. The van der Waals surface area contributed by atoms with Gasteiger partial charge in [-0.15, -0.1) is 0 Å². The predicted octanol–water partition coefficient (Wildman–Crippen LogP) is 6.03. The minimum absolute atomic E-state index is 0.803. The highest BCUT2D eigenvalue weighted by molar-refractivity contribution is 7.98. The van der Waals surface area contributed by atoms with Gasteiger partial charge >= 0.3 is 0 Å². The number of rotatable bonds is 5. The van der Waals surface area contributed by atoms with E-state index in [0.29, 0.717) is 0 Å². The molecule has 0 amide bonds. The summed E-state index contributed by atoms with van der Waals surface area (Å²) in [5.41, 5.74) is 4.59. The molecule has 0 aliphatic heterocycles. The number of para-hydroxylation sites is 2. The number of benzene rings is 3. The first kappa shape index (κ1) is 16.2. The van der Waals surface area contributed by atoms with Crippen LogP contribution in [0.3, 0.4) is 0 Å². The van der Waals surface area contributed by atoms with Crippen LogP contribution in [0.15, 0.2) is 84.0 Å². The molecular formula is C21H17ClN2S.